The second-order valence-electron chi connectivity index (χ2n) is 4.92. The molecule has 0 aliphatic rings. The van der Waals surface area contributed by atoms with Crippen molar-refractivity contribution in [3.05, 3.63) is 23.9 Å². The summed E-state index contributed by atoms with van der Waals surface area (Å²) in [5, 5.41) is 0. The number of ether oxygens (including phenoxy) is 1. The summed E-state index contributed by atoms with van der Waals surface area (Å²) >= 11 is 0. The highest BCUT2D eigenvalue weighted by Crippen LogP contribution is 2.18. The van der Waals surface area contributed by atoms with Crippen LogP contribution in [0.5, 0.6) is 0 Å². The largest absolute Gasteiger partial charge is 0.384 e. The predicted octanol–water partition coefficient (Wildman–Crippen LogP) is 2.62. The lowest BCUT2D eigenvalue weighted by Gasteiger charge is -2.17. The molecule has 1 rings (SSSR count). The molecule has 3 heteroatoms. The van der Waals surface area contributed by atoms with Crippen LogP contribution >= 0.6 is 0 Å². The van der Waals surface area contributed by atoms with Crippen LogP contribution in [0.3, 0.4) is 0 Å². The van der Waals surface area contributed by atoms with Crippen LogP contribution in [0, 0.1) is 5.41 Å². The van der Waals surface area contributed by atoms with Crippen LogP contribution in [0.4, 0.5) is 5.82 Å². The van der Waals surface area contributed by atoms with E-state index in [1.165, 1.54) is 0 Å². The Morgan fingerprint density at radius 2 is 2.07 bits per heavy atom. The third-order valence-corrected chi connectivity index (χ3v) is 2.07. The number of nitrogens with two attached hydrogens (primary N) is 1. The minimum Gasteiger partial charge on any atom is -0.384 e. The zero-order valence-corrected chi connectivity index (χ0v) is 9.79. The molecule has 1 aromatic rings. The van der Waals surface area contributed by atoms with Gasteiger partial charge in [0.2, 0.25) is 0 Å². The van der Waals surface area contributed by atoms with Crippen molar-refractivity contribution in [2.24, 2.45) is 5.41 Å². The summed E-state index contributed by atoms with van der Waals surface area (Å²) in [5.74, 6) is 0.548. The first-order valence-corrected chi connectivity index (χ1v) is 5.26. The van der Waals surface area contributed by atoms with Gasteiger partial charge in [0.1, 0.15) is 5.82 Å². The number of aromatic nitrogens is 1. The molecule has 0 bridgehead atoms. The molecule has 2 N–H and O–H groups in total. The summed E-state index contributed by atoms with van der Waals surface area (Å²) in [7, 11) is 0. The van der Waals surface area contributed by atoms with Gasteiger partial charge in [-0.25, -0.2) is 4.98 Å². The normalized spacial score (nSPS) is 11.7. The van der Waals surface area contributed by atoms with E-state index < -0.39 is 0 Å². The van der Waals surface area contributed by atoms with Crippen molar-refractivity contribution in [3.8, 4) is 0 Å². The SMILES string of the molecule is CC(C)(C)CCOCc1cccc(N)n1. The van der Waals surface area contributed by atoms with Crippen LogP contribution in [0.2, 0.25) is 0 Å². The van der Waals surface area contributed by atoms with E-state index in [0.29, 0.717) is 17.8 Å². The van der Waals surface area contributed by atoms with Gasteiger partial charge in [0.05, 0.1) is 12.3 Å². The summed E-state index contributed by atoms with van der Waals surface area (Å²) in [4.78, 5) is 4.16. The van der Waals surface area contributed by atoms with Crippen molar-refractivity contribution in [1.29, 1.82) is 0 Å². The second-order valence-corrected chi connectivity index (χ2v) is 4.92. The third-order valence-electron chi connectivity index (χ3n) is 2.07. The minimum absolute atomic E-state index is 0.323. The molecule has 1 aromatic heterocycles. The standard InChI is InChI=1S/C12H20N2O/c1-12(2,3)7-8-15-9-10-5-4-6-11(13)14-10/h4-6H,7-9H2,1-3H3,(H2,13,14). The monoisotopic (exact) mass is 208 g/mol. The molecule has 0 saturated carbocycles. The average Bonchev–Trinajstić information content (AvgIpc) is 2.11. The Bertz CT molecular complexity index is 305. The summed E-state index contributed by atoms with van der Waals surface area (Å²) < 4.78 is 5.53. The van der Waals surface area contributed by atoms with E-state index in [1.54, 1.807) is 6.07 Å². The fourth-order valence-corrected chi connectivity index (χ4v) is 1.13. The van der Waals surface area contributed by atoms with Crippen molar-refractivity contribution >= 4 is 5.82 Å². The highest BCUT2D eigenvalue weighted by Gasteiger charge is 2.09. The molecular formula is C12H20N2O. The van der Waals surface area contributed by atoms with Gasteiger partial charge in [-0.15, -0.1) is 0 Å². The van der Waals surface area contributed by atoms with E-state index in [1.807, 2.05) is 12.1 Å². The highest BCUT2D eigenvalue weighted by atomic mass is 16.5. The Kier molecular flexibility index (Phi) is 4.09. The molecule has 0 aliphatic heterocycles. The Morgan fingerprint density at radius 1 is 1.33 bits per heavy atom. The third kappa shape index (κ3) is 5.37. The van der Waals surface area contributed by atoms with Crippen LogP contribution in [0.15, 0.2) is 18.2 Å². The molecule has 84 valence electrons. The van der Waals surface area contributed by atoms with Gasteiger partial charge in [-0.2, -0.15) is 0 Å². The van der Waals surface area contributed by atoms with E-state index in [9.17, 15) is 0 Å². The number of hydrogen-bond acceptors (Lipinski definition) is 3. The molecule has 0 spiro atoms. The lowest BCUT2D eigenvalue weighted by Crippen LogP contribution is -2.09. The maximum absolute atomic E-state index is 5.57. The highest BCUT2D eigenvalue weighted by molar-refractivity contribution is 5.28. The zero-order valence-electron chi connectivity index (χ0n) is 9.79. The molecule has 0 aliphatic carbocycles. The number of rotatable bonds is 4. The molecule has 1 heterocycles. The average molecular weight is 208 g/mol. The number of nitrogen functional groups attached to an aromatic ring is 1. The summed E-state index contributed by atoms with van der Waals surface area (Å²) in [6.45, 7) is 7.92. The second kappa shape index (κ2) is 5.12. The van der Waals surface area contributed by atoms with Gasteiger partial charge in [-0.05, 0) is 24.0 Å². The van der Waals surface area contributed by atoms with Crippen molar-refractivity contribution in [2.75, 3.05) is 12.3 Å². The van der Waals surface area contributed by atoms with Crippen molar-refractivity contribution in [2.45, 2.75) is 33.8 Å². The summed E-state index contributed by atoms with van der Waals surface area (Å²) in [6, 6.07) is 5.59. The Balaban J connectivity index is 2.26. The fraction of sp³-hybridized carbons (Fsp3) is 0.583. The molecular weight excluding hydrogens is 188 g/mol. The number of pyridine rings is 1. The molecule has 15 heavy (non-hydrogen) atoms. The van der Waals surface area contributed by atoms with E-state index in [2.05, 4.69) is 25.8 Å². The number of nitrogens with zero attached hydrogens (tertiary/aromatic N) is 1. The molecule has 0 atom stereocenters. The molecule has 0 saturated heterocycles. The molecule has 0 radical (unpaired) electrons. The molecule has 0 fully saturated rings. The van der Waals surface area contributed by atoms with E-state index in [-0.39, 0.29) is 0 Å². The van der Waals surface area contributed by atoms with Crippen LogP contribution in [-0.4, -0.2) is 11.6 Å². The zero-order chi connectivity index (χ0) is 11.3. The van der Waals surface area contributed by atoms with Crippen molar-refractivity contribution in [1.82, 2.24) is 4.98 Å². The molecule has 0 aromatic carbocycles. The minimum atomic E-state index is 0.323. The maximum Gasteiger partial charge on any atom is 0.123 e. The van der Waals surface area contributed by atoms with Crippen LogP contribution in [-0.2, 0) is 11.3 Å². The Morgan fingerprint density at radius 3 is 2.67 bits per heavy atom. The predicted molar refractivity (Wildman–Crippen MR) is 62.4 cm³/mol. The van der Waals surface area contributed by atoms with Gasteiger partial charge in [-0.3, -0.25) is 0 Å². The summed E-state index contributed by atoms with van der Waals surface area (Å²) in [6.07, 6.45) is 1.05. The van der Waals surface area contributed by atoms with Crippen LogP contribution in [0.25, 0.3) is 0 Å². The topological polar surface area (TPSA) is 48.1 Å². The van der Waals surface area contributed by atoms with Gasteiger partial charge in [0.25, 0.3) is 0 Å². The first-order chi connectivity index (χ1) is 6.97. The van der Waals surface area contributed by atoms with Crippen molar-refractivity contribution < 1.29 is 4.74 Å². The number of hydrogen-bond donors (Lipinski definition) is 1. The smallest absolute Gasteiger partial charge is 0.123 e. The Hall–Kier alpha value is -1.09. The lowest BCUT2D eigenvalue weighted by molar-refractivity contribution is 0.0941. The van der Waals surface area contributed by atoms with E-state index in [4.69, 9.17) is 10.5 Å². The van der Waals surface area contributed by atoms with Crippen molar-refractivity contribution in [3.63, 3.8) is 0 Å². The van der Waals surface area contributed by atoms with E-state index in [0.717, 1.165) is 18.7 Å². The molecule has 0 amide bonds. The van der Waals surface area contributed by atoms with Gasteiger partial charge < -0.3 is 10.5 Å². The van der Waals surface area contributed by atoms with Gasteiger partial charge in [0.15, 0.2) is 0 Å². The fourth-order valence-electron chi connectivity index (χ4n) is 1.13. The number of anilines is 1. The molecule has 3 nitrogen and oxygen atoms in total. The van der Waals surface area contributed by atoms with Gasteiger partial charge in [0, 0.05) is 6.61 Å². The summed E-state index contributed by atoms with van der Waals surface area (Å²) in [5.41, 5.74) is 6.78. The first kappa shape index (κ1) is 12.0. The quantitative estimate of drug-likeness (QED) is 0.774. The van der Waals surface area contributed by atoms with Gasteiger partial charge in [-0.1, -0.05) is 26.8 Å². The van der Waals surface area contributed by atoms with Crippen LogP contribution in [0.1, 0.15) is 32.9 Å². The lowest BCUT2D eigenvalue weighted by atomic mass is 9.93. The van der Waals surface area contributed by atoms with Crippen LogP contribution < -0.4 is 5.73 Å². The maximum atomic E-state index is 5.57. The van der Waals surface area contributed by atoms with Gasteiger partial charge >= 0.3 is 0 Å². The first-order valence-electron chi connectivity index (χ1n) is 5.26. The molecule has 0 unspecified atom stereocenters. The van der Waals surface area contributed by atoms with E-state index >= 15 is 0 Å². The Labute approximate surface area is 91.7 Å².